The molecule has 1 aromatic rings. The Balaban J connectivity index is 0.00000225. The second kappa shape index (κ2) is 8.49. The van der Waals surface area contributed by atoms with Crippen LogP contribution in [0.2, 0.25) is 0 Å². The van der Waals surface area contributed by atoms with E-state index >= 15 is 0 Å². The number of nitrogens with two attached hydrogens (primary N) is 1. The fraction of sp³-hybridized carbons (Fsp3) is 0.588. The van der Waals surface area contributed by atoms with Crippen molar-refractivity contribution in [3.05, 3.63) is 34.4 Å². The normalized spacial score (nSPS) is 23.2. The van der Waals surface area contributed by atoms with E-state index < -0.39 is 0 Å². The molecule has 1 saturated carbocycles. The highest BCUT2D eigenvalue weighted by Gasteiger charge is 2.30. The van der Waals surface area contributed by atoms with Crippen LogP contribution in [0.3, 0.4) is 0 Å². The van der Waals surface area contributed by atoms with Gasteiger partial charge in [0.15, 0.2) is 0 Å². The van der Waals surface area contributed by atoms with Gasteiger partial charge in [-0.3, -0.25) is 14.9 Å². The molecule has 2 N–H and O–H groups in total. The molecule has 1 heterocycles. The van der Waals surface area contributed by atoms with Crippen molar-refractivity contribution in [1.29, 1.82) is 0 Å². The number of nitrogens with zero attached hydrogens (tertiary/aromatic N) is 3. The molecule has 2 atom stereocenters. The predicted molar refractivity (Wildman–Crippen MR) is 99.1 cm³/mol. The molecule has 0 radical (unpaired) electrons. The second-order valence-corrected chi connectivity index (χ2v) is 6.67. The van der Waals surface area contributed by atoms with E-state index in [4.69, 9.17) is 5.73 Å². The molecule has 7 nitrogen and oxygen atoms in total. The molecule has 1 aliphatic carbocycles. The molecule has 0 aromatic heterocycles. The zero-order valence-electron chi connectivity index (χ0n) is 14.2. The van der Waals surface area contributed by atoms with Crippen molar-refractivity contribution < 1.29 is 9.72 Å². The number of carbonyl (C=O) groups is 1. The summed E-state index contributed by atoms with van der Waals surface area (Å²) >= 11 is 0. The van der Waals surface area contributed by atoms with Gasteiger partial charge in [0.25, 0.3) is 5.69 Å². The molecule has 1 aromatic carbocycles. The summed E-state index contributed by atoms with van der Waals surface area (Å²) in [6, 6.07) is 6.93. The van der Waals surface area contributed by atoms with E-state index in [0.717, 1.165) is 19.3 Å². The van der Waals surface area contributed by atoms with Gasteiger partial charge in [0.05, 0.1) is 4.92 Å². The Morgan fingerprint density at radius 3 is 2.48 bits per heavy atom. The van der Waals surface area contributed by atoms with Crippen molar-refractivity contribution in [2.75, 3.05) is 31.1 Å². The van der Waals surface area contributed by atoms with Crippen molar-refractivity contribution in [2.45, 2.75) is 31.7 Å². The van der Waals surface area contributed by atoms with Crippen LogP contribution in [0.25, 0.3) is 0 Å². The van der Waals surface area contributed by atoms with Crippen molar-refractivity contribution in [3.63, 3.8) is 0 Å². The zero-order chi connectivity index (χ0) is 17.1. The fourth-order valence-corrected chi connectivity index (χ4v) is 3.76. The number of carbonyl (C=O) groups excluding carboxylic acids is 1. The predicted octanol–water partition coefficient (Wildman–Crippen LogP) is 2.18. The fourth-order valence-electron chi connectivity index (χ4n) is 3.76. The Morgan fingerprint density at radius 2 is 1.88 bits per heavy atom. The second-order valence-electron chi connectivity index (χ2n) is 6.67. The van der Waals surface area contributed by atoms with Crippen molar-refractivity contribution in [2.24, 2.45) is 11.7 Å². The number of nitro groups is 1. The molecule has 2 fully saturated rings. The quantitative estimate of drug-likeness (QED) is 0.649. The number of piperazine rings is 1. The minimum absolute atomic E-state index is 0. The number of rotatable bonds is 4. The molecular weight excluding hydrogens is 344 g/mol. The van der Waals surface area contributed by atoms with Crippen LogP contribution in [-0.2, 0) is 4.79 Å². The zero-order valence-corrected chi connectivity index (χ0v) is 15.0. The van der Waals surface area contributed by atoms with Crippen LogP contribution >= 0.6 is 12.4 Å². The number of halogens is 1. The molecule has 1 aliphatic heterocycles. The van der Waals surface area contributed by atoms with Gasteiger partial charge in [-0.1, -0.05) is 18.6 Å². The van der Waals surface area contributed by atoms with Crippen LogP contribution in [0.4, 0.5) is 11.4 Å². The molecule has 1 saturated heterocycles. The largest absolute Gasteiger partial charge is 0.362 e. The lowest BCUT2D eigenvalue weighted by Gasteiger charge is -2.36. The molecule has 0 bridgehead atoms. The molecule has 0 spiro atoms. The van der Waals surface area contributed by atoms with Crippen molar-refractivity contribution in [1.82, 2.24) is 4.90 Å². The number of hydrogen-bond donors (Lipinski definition) is 1. The highest BCUT2D eigenvalue weighted by molar-refractivity contribution is 5.85. The third-order valence-electron chi connectivity index (χ3n) is 5.21. The molecule has 0 unspecified atom stereocenters. The molecule has 3 rings (SSSR count). The maximum Gasteiger partial charge on any atom is 0.292 e. The molecule has 1 amide bonds. The number of hydrogen-bond acceptors (Lipinski definition) is 5. The number of amides is 1. The van der Waals surface area contributed by atoms with Crippen LogP contribution in [0, 0.1) is 16.0 Å². The Hall–Kier alpha value is -1.86. The summed E-state index contributed by atoms with van der Waals surface area (Å²) in [5.41, 5.74) is 6.81. The van der Waals surface area contributed by atoms with Gasteiger partial charge in [0.1, 0.15) is 5.69 Å². The van der Waals surface area contributed by atoms with E-state index in [-0.39, 0.29) is 35.0 Å². The standard InChI is InChI=1S/C17H24N4O3.ClH/c18-14-5-3-4-13(14)12-17(22)20-10-8-19(9-11-20)15-6-1-2-7-16(15)21(23)24;/h1-2,6-7,13-14H,3-5,8-12,18H2;1H/t13-,14+;/m0./s1. The van der Waals surface area contributed by atoms with Gasteiger partial charge in [0.2, 0.25) is 5.91 Å². The SMILES string of the molecule is Cl.N[C@@H]1CCC[C@H]1CC(=O)N1CCN(c2ccccc2[N+](=O)[O-])CC1. The molecule has 2 aliphatic rings. The average Bonchev–Trinajstić information content (AvgIpc) is 3.00. The van der Waals surface area contributed by atoms with Gasteiger partial charge < -0.3 is 15.5 Å². The maximum absolute atomic E-state index is 12.5. The Bertz CT molecular complexity index is 620. The summed E-state index contributed by atoms with van der Waals surface area (Å²) in [5.74, 6) is 0.477. The minimum atomic E-state index is -0.353. The topological polar surface area (TPSA) is 92.7 Å². The van der Waals surface area contributed by atoms with Gasteiger partial charge in [-0.25, -0.2) is 0 Å². The van der Waals surface area contributed by atoms with Gasteiger partial charge in [0, 0.05) is 44.7 Å². The van der Waals surface area contributed by atoms with Gasteiger partial charge in [-0.2, -0.15) is 0 Å². The average molecular weight is 369 g/mol. The first-order chi connectivity index (χ1) is 11.6. The summed E-state index contributed by atoms with van der Waals surface area (Å²) in [6.07, 6.45) is 3.71. The summed E-state index contributed by atoms with van der Waals surface area (Å²) < 4.78 is 0. The van der Waals surface area contributed by atoms with E-state index in [1.807, 2.05) is 9.80 Å². The third kappa shape index (κ3) is 4.41. The molecule has 138 valence electrons. The van der Waals surface area contributed by atoms with E-state index in [9.17, 15) is 14.9 Å². The van der Waals surface area contributed by atoms with Crippen molar-refractivity contribution >= 4 is 29.7 Å². The maximum atomic E-state index is 12.5. The summed E-state index contributed by atoms with van der Waals surface area (Å²) in [6.45, 7) is 2.44. The lowest BCUT2D eigenvalue weighted by atomic mass is 9.99. The van der Waals surface area contributed by atoms with Crippen LogP contribution < -0.4 is 10.6 Å². The lowest BCUT2D eigenvalue weighted by molar-refractivity contribution is -0.384. The summed E-state index contributed by atoms with van der Waals surface area (Å²) in [4.78, 5) is 27.1. The van der Waals surface area contributed by atoms with E-state index in [0.29, 0.717) is 44.2 Å². The van der Waals surface area contributed by atoms with Crippen LogP contribution in [0.5, 0.6) is 0 Å². The van der Waals surface area contributed by atoms with Gasteiger partial charge in [-0.15, -0.1) is 12.4 Å². The van der Waals surface area contributed by atoms with E-state index in [1.165, 1.54) is 6.07 Å². The van der Waals surface area contributed by atoms with E-state index in [2.05, 4.69) is 0 Å². The first kappa shape index (κ1) is 19.5. The molecule has 8 heteroatoms. The minimum Gasteiger partial charge on any atom is -0.362 e. The summed E-state index contributed by atoms with van der Waals surface area (Å²) in [5, 5.41) is 11.2. The third-order valence-corrected chi connectivity index (χ3v) is 5.21. The number of benzene rings is 1. The summed E-state index contributed by atoms with van der Waals surface area (Å²) in [7, 11) is 0. The van der Waals surface area contributed by atoms with Crippen LogP contribution in [0.15, 0.2) is 24.3 Å². The first-order valence-corrected chi connectivity index (χ1v) is 8.58. The first-order valence-electron chi connectivity index (χ1n) is 8.58. The van der Waals surface area contributed by atoms with Crippen LogP contribution in [0.1, 0.15) is 25.7 Å². The number of anilines is 1. The Morgan fingerprint density at radius 1 is 1.20 bits per heavy atom. The highest BCUT2D eigenvalue weighted by atomic mass is 35.5. The van der Waals surface area contributed by atoms with E-state index in [1.54, 1.807) is 18.2 Å². The molecule has 25 heavy (non-hydrogen) atoms. The van der Waals surface area contributed by atoms with Gasteiger partial charge >= 0.3 is 0 Å². The highest BCUT2D eigenvalue weighted by Crippen LogP contribution is 2.30. The van der Waals surface area contributed by atoms with Crippen LogP contribution in [-0.4, -0.2) is 48.0 Å². The number of nitro benzene ring substituents is 1. The van der Waals surface area contributed by atoms with Gasteiger partial charge in [-0.05, 0) is 24.8 Å². The number of para-hydroxylation sites is 2. The molecular formula is C17H25ClN4O3. The van der Waals surface area contributed by atoms with Crippen molar-refractivity contribution in [3.8, 4) is 0 Å². The Labute approximate surface area is 153 Å². The monoisotopic (exact) mass is 368 g/mol. The smallest absolute Gasteiger partial charge is 0.292 e. The lowest BCUT2D eigenvalue weighted by Crippen LogP contribution is -2.49. The Kier molecular flexibility index (Phi) is 6.61.